The first-order valence-corrected chi connectivity index (χ1v) is 8.74. The molecule has 3 rings (SSSR count). The van der Waals surface area contributed by atoms with Gasteiger partial charge in [0.2, 0.25) is 0 Å². The van der Waals surface area contributed by atoms with Gasteiger partial charge in [-0.15, -0.1) is 0 Å². The van der Waals surface area contributed by atoms with E-state index in [1.165, 1.54) is 26.8 Å². The summed E-state index contributed by atoms with van der Waals surface area (Å²) < 4.78 is 1.17. The predicted molar refractivity (Wildman–Crippen MR) is 99.2 cm³/mol. The van der Waals surface area contributed by atoms with Crippen LogP contribution in [0.2, 0.25) is 5.02 Å². The van der Waals surface area contributed by atoms with Crippen LogP contribution in [0.15, 0.2) is 42.5 Å². The molecule has 1 N–H and O–H groups in total. The Hall–Kier alpha value is -0.740. The fraction of sp³-hybridized carbons (Fsp3) is 0.333. The largest absolute Gasteiger partial charge is 0.377 e. The van der Waals surface area contributed by atoms with E-state index in [1.807, 2.05) is 12.1 Å². The molecule has 2 aromatic rings. The van der Waals surface area contributed by atoms with E-state index in [-0.39, 0.29) is 5.41 Å². The third-order valence-electron chi connectivity index (χ3n) is 4.38. The Balaban J connectivity index is 1.94. The van der Waals surface area contributed by atoms with E-state index < -0.39 is 0 Å². The maximum Gasteiger partial charge on any atom is 0.0517 e. The first-order chi connectivity index (χ1) is 9.97. The Kier molecular flexibility index (Phi) is 4.19. The summed E-state index contributed by atoms with van der Waals surface area (Å²) in [6.07, 6.45) is 2.36. The van der Waals surface area contributed by atoms with Crippen LogP contribution >= 0.6 is 34.2 Å². The first kappa shape index (κ1) is 15.2. The van der Waals surface area contributed by atoms with Crippen LogP contribution in [0.5, 0.6) is 0 Å². The number of rotatable bonds is 2. The highest BCUT2D eigenvalue weighted by atomic mass is 127. The number of hydrogen-bond donors (Lipinski definition) is 1. The highest BCUT2D eigenvalue weighted by molar-refractivity contribution is 14.1. The van der Waals surface area contributed by atoms with Gasteiger partial charge in [-0.3, -0.25) is 0 Å². The molecule has 0 amide bonds. The normalized spacial score (nSPS) is 19.9. The van der Waals surface area contributed by atoms with Crippen LogP contribution < -0.4 is 5.32 Å². The SMILES string of the molecule is CC1(C)CCC(Nc2ccc(Cl)cc2I)c2ccccc21. The molecule has 1 atom stereocenters. The second-order valence-corrected chi connectivity index (χ2v) is 7.93. The molecule has 0 heterocycles. The van der Waals surface area contributed by atoms with Crippen molar-refractivity contribution in [2.75, 3.05) is 5.32 Å². The van der Waals surface area contributed by atoms with Crippen LogP contribution in [0.1, 0.15) is 43.9 Å². The molecule has 1 aliphatic carbocycles. The van der Waals surface area contributed by atoms with Gasteiger partial charge in [-0.1, -0.05) is 49.7 Å². The predicted octanol–water partition coefficient (Wildman–Crippen LogP) is 6.17. The maximum absolute atomic E-state index is 6.05. The topological polar surface area (TPSA) is 12.0 Å². The zero-order valence-electron chi connectivity index (χ0n) is 12.3. The minimum absolute atomic E-state index is 0.266. The van der Waals surface area contributed by atoms with Crippen molar-refractivity contribution in [1.29, 1.82) is 0 Å². The highest BCUT2D eigenvalue weighted by Crippen LogP contribution is 2.43. The van der Waals surface area contributed by atoms with Crippen LogP contribution in [-0.4, -0.2) is 0 Å². The Labute approximate surface area is 145 Å². The van der Waals surface area contributed by atoms with Gasteiger partial charge in [0.25, 0.3) is 0 Å². The van der Waals surface area contributed by atoms with Gasteiger partial charge in [-0.2, -0.15) is 0 Å². The molecule has 0 aliphatic heterocycles. The summed E-state index contributed by atoms with van der Waals surface area (Å²) in [5.74, 6) is 0. The van der Waals surface area contributed by atoms with Gasteiger partial charge in [-0.25, -0.2) is 0 Å². The van der Waals surface area contributed by atoms with E-state index in [4.69, 9.17) is 11.6 Å². The summed E-state index contributed by atoms with van der Waals surface area (Å²) in [5, 5.41) is 4.49. The van der Waals surface area contributed by atoms with Gasteiger partial charge < -0.3 is 5.32 Å². The van der Waals surface area contributed by atoms with E-state index in [0.29, 0.717) is 6.04 Å². The molecule has 0 saturated heterocycles. The molecule has 1 unspecified atom stereocenters. The Bertz CT molecular complexity index is 666. The van der Waals surface area contributed by atoms with Crippen molar-refractivity contribution >= 4 is 39.9 Å². The minimum atomic E-state index is 0.266. The average Bonchev–Trinajstić information content (AvgIpc) is 2.45. The van der Waals surface area contributed by atoms with Gasteiger partial charge in [0.05, 0.1) is 6.04 Å². The van der Waals surface area contributed by atoms with Gasteiger partial charge in [0.15, 0.2) is 0 Å². The average molecular weight is 412 g/mol. The molecule has 0 bridgehead atoms. The van der Waals surface area contributed by atoms with Crippen molar-refractivity contribution in [1.82, 2.24) is 0 Å². The molecule has 2 aromatic carbocycles. The lowest BCUT2D eigenvalue weighted by molar-refractivity contribution is 0.406. The van der Waals surface area contributed by atoms with Crippen molar-refractivity contribution in [3.63, 3.8) is 0 Å². The number of hydrogen-bond acceptors (Lipinski definition) is 1. The van der Waals surface area contributed by atoms with Gasteiger partial charge in [-0.05, 0) is 70.2 Å². The molecule has 1 aliphatic rings. The standard InChI is InChI=1S/C18H19ClIN/c1-18(2)10-9-16(13-5-3-4-6-14(13)18)21-17-8-7-12(19)11-15(17)20/h3-8,11,16,21H,9-10H2,1-2H3. The summed E-state index contributed by atoms with van der Waals surface area (Å²) in [5.41, 5.74) is 4.33. The van der Waals surface area contributed by atoms with Crippen LogP contribution in [-0.2, 0) is 5.41 Å². The number of fused-ring (bicyclic) bond motifs is 1. The van der Waals surface area contributed by atoms with Crippen LogP contribution in [0.3, 0.4) is 0 Å². The van der Waals surface area contributed by atoms with E-state index in [1.54, 1.807) is 0 Å². The third kappa shape index (κ3) is 3.07. The summed E-state index contributed by atoms with van der Waals surface area (Å²) in [6.45, 7) is 4.68. The van der Waals surface area contributed by atoms with Crippen molar-refractivity contribution in [2.45, 2.75) is 38.1 Å². The van der Waals surface area contributed by atoms with Crippen LogP contribution in [0.25, 0.3) is 0 Å². The van der Waals surface area contributed by atoms with Crippen LogP contribution in [0, 0.1) is 3.57 Å². The fourth-order valence-corrected chi connectivity index (χ4v) is 4.18. The first-order valence-electron chi connectivity index (χ1n) is 7.28. The van der Waals surface area contributed by atoms with E-state index in [2.05, 4.69) is 72.1 Å². The smallest absolute Gasteiger partial charge is 0.0517 e. The maximum atomic E-state index is 6.05. The molecule has 3 heteroatoms. The summed E-state index contributed by atoms with van der Waals surface area (Å²) in [4.78, 5) is 0. The van der Waals surface area contributed by atoms with Crippen molar-refractivity contribution in [3.05, 3.63) is 62.2 Å². The van der Waals surface area contributed by atoms with E-state index in [9.17, 15) is 0 Å². The van der Waals surface area contributed by atoms with Gasteiger partial charge in [0.1, 0.15) is 0 Å². The third-order valence-corrected chi connectivity index (χ3v) is 5.51. The van der Waals surface area contributed by atoms with E-state index in [0.717, 1.165) is 11.4 Å². The lowest BCUT2D eigenvalue weighted by atomic mass is 9.71. The zero-order chi connectivity index (χ0) is 15.0. The van der Waals surface area contributed by atoms with Crippen molar-refractivity contribution in [2.24, 2.45) is 0 Å². The lowest BCUT2D eigenvalue weighted by Gasteiger charge is -2.38. The summed E-state index contributed by atoms with van der Waals surface area (Å²) in [6, 6.07) is 15.2. The molecule has 0 fully saturated rings. The molecular weight excluding hydrogens is 393 g/mol. The Morgan fingerprint density at radius 2 is 1.95 bits per heavy atom. The van der Waals surface area contributed by atoms with Gasteiger partial charge >= 0.3 is 0 Å². The quantitative estimate of drug-likeness (QED) is 0.583. The molecule has 0 spiro atoms. The van der Waals surface area contributed by atoms with E-state index >= 15 is 0 Å². The lowest BCUT2D eigenvalue weighted by Crippen LogP contribution is -2.29. The number of halogens is 2. The monoisotopic (exact) mass is 411 g/mol. The van der Waals surface area contributed by atoms with Gasteiger partial charge in [0, 0.05) is 14.3 Å². The second-order valence-electron chi connectivity index (χ2n) is 6.33. The molecule has 0 radical (unpaired) electrons. The Morgan fingerprint density at radius 3 is 2.71 bits per heavy atom. The zero-order valence-corrected chi connectivity index (χ0v) is 15.2. The second kappa shape index (κ2) is 5.81. The fourth-order valence-electron chi connectivity index (χ4n) is 3.16. The molecule has 0 saturated carbocycles. The summed E-state index contributed by atoms with van der Waals surface area (Å²) >= 11 is 8.39. The minimum Gasteiger partial charge on any atom is -0.377 e. The van der Waals surface area contributed by atoms with Crippen molar-refractivity contribution < 1.29 is 0 Å². The number of nitrogens with one attached hydrogen (secondary N) is 1. The molecule has 0 aromatic heterocycles. The number of anilines is 1. The molecule has 110 valence electrons. The highest BCUT2D eigenvalue weighted by Gasteiger charge is 2.32. The summed E-state index contributed by atoms with van der Waals surface area (Å²) in [7, 11) is 0. The number of benzene rings is 2. The molecule has 1 nitrogen and oxygen atoms in total. The molecule has 21 heavy (non-hydrogen) atoms. The Morgan fingerprint density at radius 1 is 1.19 bits per heavy atom. The molecular formula is C18H19ClIN. The van der Waals surface area contributed by atoms with Crippen molar-refractivity contribution in [3.8, 4) is 0 Å². The van der Waals surface area contributed by atoms with Crippen LogP contribution in [0.4, 0.5) is 5.69 Å².